The topological polar surface area (TPSA) is 70.6 Å². The first-order valence-electron chi connectivity index (χ1n) is 9.47. The van der Waals surface area contributed by atoms with Crippen LogP contribution in [0.3, 0.4) is 0 Å². The van der Waals surface area contributed by atoms with Crippen LogP contribution in [0.5, 0.6) is 0 Å². The SMILES string of the molecule is O=C(NCC(c1ccccn1)N1CCOCC1)N(Cc1nccs1)C1CC1. The van der Waals surface area contributed by atoms with Crippen LogP contribution in [0.4, 0.5) is 4.79 Å². The zero-order valence-corrected chi connectivity index (χ0v) is 16.1. The Morgan fingerprint density at radius 1 is 1.30 bits per heavy atom. The number of aromatic nitrogens is 2. The molecule has 4 rings (SSSR count). The van der Waals surface area contributed by atoms with Crippen molar-refractivity contribution in [2.24, 2.45) is 0 Å². The smallest absolute Gasteiger partial charge is 0.318 e. The molecule has 0 spiro atoms. The molecule has 0 radical (unpaired) electrons. The molecule has 0 aromatic carbocycles. The number of morpholine rings is 1. The minimum Gasteiger partial charge on any atom is -0.379 e. The summed E-state index contributed by atoms with van der Waals surface area (Å²) in [6, 6.07) is 6.32. The number of hydrogen-bond donors (Lipinski definition) is 1. The summed E-state index contributed by atoms with van der Waals surface area (Å²) in [6.07, 6.45) is 5.75. The Morgan fingerprint density at radius 2 is 2.15 bits per heavy atom. The second-order valence-electron chi connectivity index (χ2n) is 6.89. The number of thiazole rings is 1. The van der Waals surface area contributed by atoms with E-state index in [-0.39, 0.29) is 12.1 Å². The highest BCUT2D eigenvalue weighted by molar-refractivity contribution is 7.09. The van der Waals surface area contributed by atoms with Gasteiger partial charge in [-0.1, -0.05) is 6.07 Å². The highest BCUT2D eigenvalue weighted by Crippen LogP contribution is 2.29. The lowest BCUT2D eigenvalue weighted by atomic mass is 10.1. The summed E-state index contributed by atoms with van der Waals surface area (Å²) in [6.45, 7) is 4.26. The van der Waals surface area contributed by atoms with Crippen LogP contribution in [0.25, 0.3) is 0 Å². The molecule has 1 aliphatic heterocycles. The average Bonchev–Trinajstić information content (AvgIpc) is 3.43. The lowest BCUT2D eigenvalue weighted by Gasteiger charge is -2.34. The van der Waals surface area contributed by atoms with Crippen LogP contribution < -0.4 is 5.32 Å². The minimum absolute atomic E-state index is 0.0121. The Hall–Kier alpha value is -2.03. The summed E-state index contributed by atoms with van der Waals surface area (Å²) in [4.78, 5) is 26.0. The van der Waals surface area contributed by atoms with Crippen LogP contribution in [-0.4, -0.2) is 64.7 Å². The normalized spacial score (nSPS) is 18.8. The van der Waals surface area contributed by atoms with E-state index in [1.54, 1.807) is 17.5 Å². The van der Waals surface area contributed by atoms with Crippen molar-refractivity contribution in [3.05, 3.63) is 46.7 Å². The summed E-state index contributed by atoms with van der Waals surface area (Å²) < 4.78 is 5.48. The van der Waals surface area contributed by atoms with Gasteiger partial charge in [0.15, 0.2) is 0 Å². The van der Waals surface area contributed by atoms with Gasteiger partial charge >= 0.3 is 6.03 Å². The van der Waals surface area contributed by atoms with Gasteiger partial charge in [-0.25, -0.2) is 9.78 Å². The van der Waals surface area contributed by atoms with E-state index in [2.05, 4.69) is 20.2 Å². The maximum absolute atomic E-state index is 12.9. The molecule has 1 atom stereocenters. The van der Waals surface area contributed by atoms with Crippen LogP contribution in [0, 0.1) is 0 Å². The van der Waals surface area contributed by atoms with Crippen LogP contribution >= 0.6 is 11.3 Å². The van der Waals surface area contributed by atoms with Crippen molar-refractivity contribution >= 4 is 17.4 Å². The van der Waals surface area contributed by atoms with Crippen molar-refractivity contribution in [2.75, 3.05) is 32.8 Å². The number of nitrogens with zero attached hydrogens (tertiary/aromatic N) is 4. The molecular formula is C19H25N5O2S. The molecule has 8 heteroatoms. The van der Waals surface area contributed by atoms with Gasteiger partial charge in [-0.05, 0) is 25.0 Å². The molecular weight excluding hydrogens is 362 g/mol. The van der Waals surface area contributed by atoms with E-state index in [0.29, 0.717) is 19.1 Å². The predicted molar refractivity (Wildman–Crippen MR) is 103 cm³/mol. The molecule has 1 aliphatic carbocycles. The van der Waals surface area contributed by atoms with Crippen LogP contribution in [0.1, 0.15) is 29.6 Å². The van der Waals surface area contributed by atoms with Crippen LogP contribution in [0.15, 0.2) is 36.0 Å². The molecule has 27 heavy (non-hydrogen) atoms. The molecule has 7 nitrogen and oxygen atoms in total. The largest absolute Gasteiger partial charge is 0.379 e. The van der Waals surface area contributed by atoms with E-state index in [4.69, 9.17) is 4.74 Å². The molecule has 2 aromatic heterocycles. The molecule has 2 aromatic rings. The van der Waals surface area contributed by atoms with Crippen LogP contribution in [0.2, 0.25) is 0 Å². The molecule has 2 amide bonds. The number of carbonyl (C=O) groups excluding carboxylic acids is 1. The molecule has 1 saturated carbocycles. The first-order valence-corrected chi connectivity index (χ1v) is 10.3. The molecule has 0 bridgehead atoms. The Balaban J connectivity index is 1.42. The second-order valence-corrected chi connectivity index (χ2v) is 7.87. The van der Waals surface area contributed by atoms with Gasteiger partial charge in [0.25, 0.3) is 0 Å². The van der Waals surface area contributed by atoms with Crippen molar-refractivity contribution < 1.29 is 9.53 Å². The Labute approximate surface area is 163 Å². The van der Waals surface area contributed by atoms with E-state index in [0.717, 1.165) is 49.8 Å². The standard InChI is InChI=1S/C19H25N5O2S/c25-19(24(15-4-5-15)14-18-21-7-12-27-18)22-13-17(16-3-1-2-6-20-16)23-8-10-26-11-9-23/h1-3,6-7,12,15,17H,4-5,8-11,13-14H2,(H,22,25). The monoisotopic (exact) mass is 387 g/mol. The molecule has 3 heterocycles. The number of ether oxygens (including phenoxy) is 1. The van der Waals surface area contributed by atoms with Gasteiger partial charge in [0, 0.05) is 43.4 Å². The van der Waals surface area contributed by atoms with Crippen molar-refractivity contribution in [1.29, 1.82) is 0 Å². The third-order valence-electron chi connectivity index (χ3n) is 5.00. The van der Waals surface area contributed by atoms with Gasteiger partial charge in [0.2, 0.25) is 0 Å². The molecule has 1 N–H and O–H groups in total. The fourth-order valence-electron chi connectivity index (χ4n) is 3.40. The van der Waals surface area contributed by atoms with E-state index in [9.17, 15) is 4.79 Å². The summed E-state index contributed by atoms with van der Waals surface area (Å²) >= 11 is 1.59. The van der Waals surface area contributed by atoms with Gasteiger partial charge < -0.3 is 15.0 Å². The Bertz CT molecular complexity index is 717. The third-order valence-corrected chi connectivity index (χ3v) is 5.76. The molecule has 2 aliphatic rings. The van der Waals surface area contributed by atoms with Crippen molar-refractivity contribution in [3.63, 3.8) is 0 Å². The highest BCUT2D eigenvalue weighted by atomic mass is 32.1. The predicted octanol–water partition coefficient (Wildman–Crippen LogP) is 2.29. The number of carbonyl (C=O) groups is 1. The van der Waals surface area contributed by atoms with Crippen molar-refractivity contribution in [2.45, 2.75) is 31.5 Å². The molecule has 1 saturated heterocycles. The van der Waals surface area contributed by atoms with E-state index >= 15 is 0 Å². The number of urea groups is 1. The highest BCUT2D eigenvalue weighted by Gasteiger charge is 2.34. The van der Waals surface area contributed by atoms with E-state index in [1.165, 1.54) is 0 Å². The van der Waals surface area contributed by atoms with Gasteiger partial charge in [0.1, 0.15) is 5.01 Å². The van der Waals surface area contributed by atoms with E-state index in [1.807, 2.05) is 34.7 Å². The van der Waals surface area contributed by atoms with Gasteiger partial charge in [-0.2, -0.15) is 0 Å². The van der Waals surface area contributed by atoms with Gasteiger partial charge in [0.05, 0.1) is 31.5 Å². The lowest BCUT2D eigenvalue weighted by molar-refractivity contribution is 0.0156. The second kappa shape index (κ2) is 8.77. The minimum atomic E-state index is -0.0121. The summed E-state index contributed by atoms with van der Waals surface area (Å²) in [7, 11) is 0. The summed E-state index contributed by atoms with van der Waals surface area (Å²) in [5.74, 6) is 0. The fraction of sp³-hybridized carbons (Fsp3) is 0.526. The molecule has 144 valence electrons. The quantitative estimate of drug-likeness (QED) is 0.789. The summed E-state index contributed by atoms with van der Waals surface area (Å²) in [5, 5.41) is 6.08. The van der Waals surface area contributed by atoms with E-state index < -0.39 is 0 Å². The first-order chi connectivity index (χ1) is 13.3. The van der Waals surface area contributed by atoms with Gasteiger partial charge in [-0.15, -0.1) is 11.3 Å². The maximum atomic E-state index is 12.9. The Morgan fingerprint density at radius 3 is 2.81 bits per heavy atom. The maximum Gasteiger partial charge on any atom is 0.318 e. The summed E-state index contributed by atoms with van der Waals surface area (Å²) in [5.41, 5.74) is 0.984. The number of amides is 2. The van der Waals surface area contributed by atoms with Crippen molar-refractivity contribution in [1.82, 2.24) is 25.1 Å². The third kappa shape index (κ3) is 4.82. The number of pyridine rings is 1. The number of hydrogen-bond acceptors (Lipinski definition) is 6. The fourth-order valence-corrected chi connectivity index (χ4v) is 4.01. The number of nitrogens with one attached hydrogen (secondary N) is 1. The zero-order chi connectivity index (χ0) is 18.5. The molecule has 2 fully saturated rings. The average molecular weight is 388 g/mol. The van der Waals surface area contributed by atoms with Crippen molar-refractivity contribution in [3.8, 4) is 0 Å². The van der Waals surface area contributed by atoms with Gasteiger partial charge in [-0.3, -0.25) is 9.88 Å². The first kappa shape index (κ1) is 18.3. The lowest BCUT2D eigenvalue weighted by Crippen LogP contribution is -2.47. The number of rotatable bonds is 7. The van der Waals surface area contributed by atoms with Crippen LogP contribution in [-0.2, 0) is 11.3 Å². The zero-order valence-electron chi connectivity index (χ0n) is 15.3. The Kier molecular flexibility index (Phi) is 5.96. The molecule has 1 unspecified atom stereocenters.